The number of hydrogen-bond acceptors (Lipinski definition) is 7. The van der Waals surface area contributed by atoms with Crippen molar-refractivity contribution in [3.05, 3.63) is 71.7 Å². The minimum Gasteiger partial charge on any atom is -0.494 e. The first-order valence-corrected chi connectivity index (χ1v) is 11.2. The molecular formula is C25H26F2N6O4. The van der Waals surface area contributed by atoms with E-state index in [0.29, 0.717) is 47.9 Å². The molecule has 0 bridgehead atoms. The minimum atomic E-state index is -1.06. The molecule has 2 aromatic heterocycles. The van der Waals surface area contributed by atoms with Crippen LogP contribution in [0.15, 0.2) is 48.9 Å². The summed E-state index contributed by atoms with van der Waals surface area (Å²) in [6.45, 7) is 2.47. The van der Waals surface area contributed by atoms with E-state index < -0.39 is 11.6 Å². The van der Waals surface area contributed by atoms with Crippen LogP contribution in [0.25, 0.3) is 16.9 Å². The molecule has 0 aliphatic rings. The Morgan fingerprint density at radius 1 is 1.22 bits per heavy atom. The molecule has 0 unspecified atom stereocenters. The van der Waals surface area contributed by atoms with Gasteiger partial charge in [0, 0.05) is 42.3 Å². The number of carbonyl (C=O) groups excluding carboxylic acids is 1. The third-order valence-electron chi connectivity index (χ3n) is 5.39. The molecule has 2 heterocycles. The Balaban J connectivity index is 0.00000121. The van der Waals surface area contributed by atoms with Crippen molar-refractivity contribution in [2.75, 3.05) is 25.5 Å². The fourth-order valence-corrected chi connectivity index (χ4v) is 3.70. The number of methoxy groups -OCH3 is 1. The van der Waals surface area contributed by atoms with Crippen LogP contribution in [0.4, 0.5) is 20.3 Å². The number of nitrogens with two attached hydrogens (primary N) is 1. The highest BCUT2D eigenvalue weighted by Gasteiger charge is 2.19. The first kappa shape index (κ1) is 27.0. The normalized spacial score (nSPS) is 10.4. The van der Waals surface area contributed by atoms with Gasteiger partial charge in [-0.15, -0.1) is 0 Å². The van der Waals surface area contributed by atoms with Crippen molar-refractivity contribution >= 4 is 29.5 Å². The number of imidazole rings is 1. The predicted molar refractivity (Wildman–Crippen MR) is 134 cm³/mol. The smallest absolute Gasteiger partial charge is 0.290 e. The SMILES string of the molecule is CCc1cc(Nc2nccn3c(-c4ccc(OC)c(F)c4F)cnc23)ccc1C(=O)NCCN.O=CO. The maximum atomic E-state index is 14.7. The number of fused-ring (bicyclic) bond motifs is 1. The van der Waals surface area contributed by atoms with Crippen LogP contribution in [0.1, 0.15) is 22.8 Å². The molecule has 0 saturated carbocycles. The van der Waals surface area contributed by atoms with E-state index in [1.54, 1.807) is 22.7 Å². The molecule has 12 heteroatoms. The molecular weight excluding hydrogens is 486 g/mol. The summed E-state index contributed by atoms with van der Waals surface area (Å²) in [5.41, 5.74) is 8.43. The van der Waals surface area contributed by atoms with Crippen LogP contribution < -0.4 is 21.1 Å². The Hall–Kier alpha value is -4.58. The lowest BCUT2D eigenvalue weighted by molar-refractivity contribution is -0.122. The molecule has 0 aliphatic carbocycles. The van der Waals surface area contributed by atoms with Crippen LogP contribution >= 0.6 is 0 Å². The number of nitrogens with zero attached hydrogens (tertiary/aromatic N) is 3. The number of hydrogen-bond donors (Lipinski definition) is 4. The van der Waals surface area contributed by atoms with Gasteiger partial charge in [0.15, 0.2) is 23.0 Å². The maximum absolute atomic E-state index is 14.7. The van der Waals surface area contributed by atoms with E-state index in [1.807, 2.05) is 13.0 Å². The van der Waals surface area contributed by atoms with Gasteiger partial charge in [-0.05, 0) is 42.3 Å². The number of aryl methyl sites for hydroxylation is 1. The van der Waals surface area contributed by atoms with Gasteiger partial charge in [-0.1, -0.05) is 6.92 Å². The Kier molecular flexibility index (Phi) is 9.05. The van der Waals surface area contributed by atoms with E-state index in [-0.39, 0.29) is 23.7 Å². The molecule has 4 rings (SSSR count). The van der Waals surface area contributed by atoms with Gasteiger partial charge in [0.25, 0.3) is 12.4 Å². The fourth-order valence-electron chi connectivity index (χ4n) is 3.70. The first-order valence-electron chi connectivity index (χ1n) is 11.2. The van der Waals surface area contributed by atoms with Gasteiger partial charge in [-0.2, -0.15) is 4.39 Å². The molecule has 0 fully saturated rings. The van der Waals surface area contributed by atoms with Crippen LogP contribution in [0.5, 0.6) is 5.75 Å². The lowest BCUT2D eigenvalue weighted by atomic mass is 10.0. The van der Waals surface area contributed by atoms with Crippen molar-refractivity contribution < 1.29 is 28.2 Å². The van der Waals surface area contributed by atoms with Gasteiger partial charge < -0.3 is 26.2 Å². The average Bonchev–Trinajstić information content (AvgIpc) is 3.34. The summed E-state index contributed by atoms with van der Waals surface area (Å²) in [5.74, 6) is -2.02. The van der Waals surface area contributed by atoms with Crippen LogP contribution in [0.2, 0.25) is 0 Å². The number of rotatable bonds is 8. The summed E-state index contributed by atoms with van der Waals surface area (Å²) in [6, 6.07) is 8.18. The number of amides is 1. The van der Waals surface area contributed by atoms with Gasteiger partial charge in [-0.3, -0.25) is 14.0 Å². The van der Waals surface area contributed by atoms with Crippen molar-refractivity contribution in [3.63, 3.8) is 0 Å². The van der Waals surface area contributed by atoms with Crippen molar-refractivity contribution in [1.82, 2.24) is 19.7 Å². The summed E-state index contributed by atoms with van der Waals surface area (Å²) in [4.78, 5) is 29.5. The Morgan fingerprint density at radius 3 is 2.65 bits per heavy atom. The third kappa shape index (κ3) is 5.81. The molecule has 0 radical (unpaired) electrons. The summed E-state index contributed by atoms with van der Waals surface area (Å²) in [6.07, 6.45) is 5.25. The van der Waals surface area contributed by atoms with Gasteiger partial charge in [-0.25, -0.2) is 14.4 Å². The molecule has 0 aliphatic heterocycles. The minimum absolute atomic E-state index is 0.0454. The second kappa shape index (κ2) is 12.4. The van der Waals surface area contributed by atoms with Crippen LogP contribution in [0, 0.1) is 11.6 Å². The van der Waals surface area contributed by atoms with E-state index in [0.717, 1.165) is 5.56 Å². The summed E-state index contributed by atoms with van der Waals surface area (Å²) in [7, 11) is 1.28. The zero-order valence-electron chi connectivity index (χ0n) is 20.2. The molecule has 0 saturated heterocycles. The largest absolute Gasteiger partial charge is 0.494 e. The zero-order valence-corrected chi connectivity index (χ0v) is 20.2. The number of halogens is 2. The molecule has 4 aromatic rings. The van der Waals surface area contributed by atoms with E-state index in [9.17, 15) is 13.6 Å². The standard InChI is InChI=1S/C24H24F2N6O2.CH2O2/c1-3-14-12-15(4-5-16(14)24(33)29-9-8-27)31-22-23-30-13-18(32(23)11-10-28-22)17-6-7-19(34-2)21(26)20(17)25;2-1-3/h4-7,10-13H,3,8-9,27H2,1-2H3,(H,28,31)(H,29,33);1H,(H,2,3). The topological polar surface area (TPSA) is 144 Å². The van der Waals surface area contributed by atoms with Crippen LogP contribution in [0.3, 0.4) is 0 Å². The second-order valence-corrected chi connectivity index (χ2v) is 7.56. The van der Waals surface area contributed by atoms with Gasteiger partial charge in [0.05, 0.1) is 19.0 Å². The molecule has 0 spiro atoms. The first-order chi connectivity index (χ1) is 17.9. The van der Waals surface area contributed by atoms with Crippen molar-refractivity contribution in [3.8, 4) is 17.0 Å². The number of nitrogens with one attached hydrogen (secondary N) is 2. The number of carboxylic acid groups (broad SMARTS) is 1. The number of aromatic nitrogens is 3. The van der Waals surface area contributed by atoms with Gasteiger partial charge >= 0.3 is 0 Å². The van der Waals surface area contributed by atoms with Crippen molar-refractivity contribution in [1.29, 1.82) is 0 Å². The molecule has 37 heavy (non-hydrogen) atoms. The highest BCUT2D eigenvalue weighted by atomic mass is 19.2. The molecule has 10 nitrogen and oxygen atoms in total. The Morgan fingerprint density at radius 2 is 1.97 bits per heavy atom. The van der Waals surface area contributed by atoms with Crippen LogP contribution in [-0.2, 0) is 11.2 Å². The highest BCUT2D eigenvalue weighted by molar-refractivity contribution is 5.96. The second-order valence-electron chi connectivity index (χ2n) is 7.56. The van der Waals surface area contributed by atoms with Gasteiger partial charge in [0.2, 0.25) is 5.82 Å². The average molecular weight is 513 g/mol. The van der Waals surface area contributed by atoms with Crippen molar-refractivity contribution in [2.45, 2.75) is 13.3 Å². The number of ether oxygens (including phenoxy) is 1. The molecule has 5 N–H and O–H groups in total. The highest BCUT2D eigenvalue weighted by Crippen LogP contribution is 2.31. The lowest BCUT2D eigenvalue weighted by Gasteiger charge is -2.13. The zero-order chi connectivity index (χ0) is 26.9. The summed E-state index contributed by atoms with van der Waals surface area (Å²) >= 11 is 0. The molecule has 0 atom stereocenters. The molecule has 2 aromatic carbocycles. The maximum Gasteiger partial charge on any atom is 0.290 e. The van der Waals surface area contributed by atoms with Crippen molar-refractivity contribution in [2.24, 2.45) is 5.73 Å². The fraction of sp³-hybridized carbons (Fsp3) is 0.200. The van der Waals surface area contributed by atoms with E-state index in [4.69, 9.17) is 20.4 Å². The van der Waals surface area contributed by atoms with E-state index in [1.165, 1.54) is 31.6 Å². The number of benzene rings is 2. The lowest BCUT2D eigenvalue weighted by Crippen LogP contribution is -2.29. The molecule has 194 valence electrons. The Labute approximate surface area is 211 Å². The van der Waals surface area contributed by atoms with Crippen LogP contribution in [-0.4, -0.2) is 52.1 Å². The Bertz CT molecular complexity index is 1410. The summed E-state index contributed by atoms with van der Waals surface area (Å²) < 4.78 is 35.4. The number of carbonyl (C=O) groups is 2. The van der Waals surface area contributed by atoms with E-state index in [2.05, 4.69) is 20.6 Å². The monoisotopic (exact) mass is 512 g/mol. The van der Waals surface area contributed by atoms with E-state index >= 15 is 0 Å². The third-order valence-corrected chi connectivity index (χ3v) is 5.39. The van der Waals surface area contributed by atoms with Gasteiger partial charge in [0.1, 0.15) is 0 Å². The summed E-state index contributed by atoms with van der Waals surface area (Å²) in [5, 5.41) is 12.9. The molecule has 1 amide bonds. The number of anilines is 2. The quantitative estimate of drug-likeness (QED) is 0.263. The predicted octanol–water partition coefficient (Wildman–Crippen LogP) is 3.38.